The van der Waals surface area contributed by atoms with E-state index in [1.165, 1.54) is 12.1 Å². The highest BCUT2D eigenvalue weighted by molar-refractivity contribution is 6.31. The van der Waals surface area contributed by atoms with Crippen molar-refractivity contribution in [3.63, 3.8) is 0 Å². The molecular formula is C15H20ClFN2O2. The third-order valence-corrected chi connectivity index (χ3v) is 3.83. The molecule has 0 bridgehead atoms. The molecule has 21 heavy (non-hydrogen) atoms. The van der Waals surface area contributed by atoms with Gasteiger partial charge in [0.1, 0.15) is 5.82 Å². The van der Waals surface area contributed by atoms with Crippen LogP contribution in [0, 0.1) is 5.82 Å². The lowest BCUT2D eigenvalue weighted by Gasteiger charge is -2.26. The molecule has 1 aromatic rings. The minimum Gasteiger partial charge on any atom is -0.379 e. The first-order valence-electron chi connectivity index (χ1n) is 7.16. The van der Waals surface area contributed by atoms with Gasteiger partial charge >= 0.3 is 0 Å². The first-order valence-corrected chi connectivity index (χ1v) is 7.54. The van der Waals surface area contributed by atoms with Gasteiger partial charge in [-0.3, -0.25) is 9.69 Å². The molecule has 4 nitrogen and oxygen atoms in total. The lowest BCUT2D eigenvalue weighted by Crippen LogP contribution is -2.38. The summed E-state index contributed by atoms with van der Waals surface area (Å²) in [6.07, 6.45) is 0.847. The van der Waals surface area contributed by atoms with Gasteiger partial charge in [-0.1, -0.05) is 17.7 Å². The summed E-state index contributed by atoms with van der Waals surface area (Å²) in [7, 11) is 0. The lowest BCUT2D eigenvalue weighted by molar-refractivity contribution is -0.120. The molecule has 0 aliphatic carbocycles. The van der Waals surface area contributed by atoms with E-state index in [0.29, 0.717) is 11.6 Å². The molecule has 0 spiro atoms. The van der Waals surface area contributed by atoms with Gasteiger partial charge in [-0.15, -0.1) is 0 Å². The summed E-state index contributed by atoms with van der Waals surface area (Å²) in [4.78, 5) is 14.1. The first-order chi connectivity index (χ1) is 10.2. The lowest BCUT2D eigenvalue weighted by atomic mass is 10.1. The topological polar surface area (TPSA) is 41.6 Å². The molecule has 0 unspecified atom stereocenters. The monoisotopic (exact) mass is 314 g/mol. The maximum absolute atomic E-state index is 13.6. The van der Waals surface area contributed by atoms with E-state index in [2.05, 4.69) is 10.2 Å². The number of carbonyl (C=O) groups excluding carboxylic acids is 1. The Morgan fingerprint density at radius 3 is 2.86 bits per heavy atom. The van der Waals surface area contributed by atoms with Crippen LogP contribution in [0.1, 0.15) is 12.0 Å². The van der Waals surface area contributed by atoms with Crippen LogP contribution in [-0.4, -0.2) is 50.2 Å². The molecule has 1 fully saturated rings. The third kappa shape index (κ3) is 5.26. The number of carbonyl (C=O) groups is 1. The highest BCUT2D eigenvalue weighted by Gasteiger charge is 2.12. The van der Waals surface area contributed by atoms with E-state index in [-0.39, 0.29) is 17.9 Å². The van der Waals surface area contributed by atoms with Gasteiger partial charge in [0.2, 0.25) is 5.91 Å². The van der Waals surface area contributed by atoms with Crippen molar-refractivity contribution in [3.05, 3.63) is 34.6 Å². The Morgan fingerprint density at radius 2 is 2.14 bits per heavy atom. The van der Waals surface area contributed by atoms with E-state index in [9.17, 15) is 9.18 Å². The molecule has 1 heterocycles. The SMILES string of the molecule is O=C(Cc1c(F)cccc1Cl)NCCCN1CCOCC1. The summed E-state index contributed by atoms with van der Waals surface area (Å²) in [5.41, 5.74) is 0.254. The standard InChI is InChI=1S/C15H20ClFN2O2/c16-13-3-1-4-14(17)12(13)11-15(20)18-5-2-6-19-7-9-21-10-8-19/h1,3-4H,2,5-11H2,(H,18,20). The van der Waals surface area contributed by atoms with Crippen molar-refractivity contribution < 1.29 is 13.9 Å². The molecule has 1 N–H and O–H groups in total. The summed E-state index contributed by atoms with van der Waals surface area (Å²) >= 11 is 5.90. The van der Waals surface area contributed by atoms with Gasteiger partial charge in [-0.25, -0.2) is 4.39 Å². The summed E-state index contributed by atoms with van der Waals surface area (Å²) in [6.45, 7) is 4.96. The van der Waals surface area contributed by atoms with Crippen molar-refractivity contribution in [2.45, 2.75) is 12.8 Å². The molecule has 0 aromatic heterocycles. The van der Waals surface area contributed by atoms with Crippen molar-refractivity contribution in [2.75, 3.05) is 39.4 Å². The van der Waals surface area contributed by atoms with Gasteiger partial charge in [-0.2, -0.15) is 0 Å². The van der Waals surface area contributed by atoms with Crippen LogP contribution in [0.15, 0.2) is 18.2 Å². The van der Waals surface area contributed by atoms with Crippen molar-refractivity contribution in [1.29, 1.82) is 0 Å². The van der Waals surface area contributed by atoms with Crippen LogP contribution < -0.4 is 5.32 Å². The Hall–Kier alpha value is -1.17. The number of nitrogens with zero attached hydrogens (tertiary/aromatic N) is 1. The van der Waals surface area contributed by atoms with Crippen LogP contribution in [0.5, 0.6) is 0 Å². The van der Waals surface area contributed by atoms with Crippen LogP contribution >= 0.6 is 11.6 Å². The predicted octanol–water partition coefficient (Wildman–Crippen LogP) is 1.86. The second-order valence-electron chi connectivity index (χ2n) is 5.03. The number of hydrogen-bond acceptors (Lipinski definition) is 3. The van der Waals surface area contributed by atoms with E-state index in [0.717, 1.165) is 39.3 Å². The maximum Gasteiger partial charge on any atom is 0.224 e. The van der Waals surface area contributed by atoms with Gasteiger partial charge < -0.3 is 10.1 Å². The smallest absolute Gasteiger partial charge is 0.224 e. The Kier molecular flexibility index (Phi) is 6.42. The second kappa shape index (κ2) is 8.32. The number of ether oxygens (including phenoxy) is 1. The zero-order chi connectivity index (χ0) is 15.1. The first kappa shape index (κ1) is 16.2. The molecule has 116 valence electrons. The molecule has 1 aromatic carbocycles. The largest absolute Gasteiger partial charge is 0.379 e. The molecule has 1 aliphatic heterocycles. The zero-order valence-electron chi connectivity index (χ0n) is 11.9. The Balaban J connectivity index is 1.67. The summed E-state index contributed by atoms with van der Waals surface area (Å²) in [6, 6.07) is 4.43. The molecule has 6 heteroatoms. The van der Waals surface area contributed by atoms with Crippen LogP contribution in [0.25, 0.3) is 0 Å². The van der Waals surface area contributed by atoms with Crippen LogP contribution in [0.2, 0.25) is 5.02 Å². The minimum absolute atomic E-state index is 0.0247. The van der Waals surface area contributed by atoms with E-state index in [1.807, 2.05) is 0 Å². The Labute approximate surface area is 129 Å². The molecule has 0 atom stereocenters. The molecule has 1 saturated heterocycles. The van der Waals surface area contributed by atoms with Gasteiger partial charge in [0.15, 0.2) is 0 Å². The summed E-state index contributed by atoms with van der Waals surface area (Å²) in [5, 5.41) is 3.09. The Morgan fingerprint density at radius 1 is 1.38 bits per heavy atom. The van der Waals surface area contributed by atoms with Crippen LogP contribution in [0.3, 0.4) is 0 Å². The van der Waals surface area contributed by atoms with Crippen molar-refractivity contribution in [1.82, 2.24) is 10.2 Å². The highest BCUT2D eigenvalue weighted by atomic mass is 35.5. The fourth-order valence-electron chi connectivity index (χ4n) is 2.28. The number of nitrogens with one attached hydrogen (secondary N) is 1. The number of rotatable bonds is 6. The molecule has 1 amide bonds. The van der Waals surface area contributed by atoms with E-state index < -0.39 is 5.82 Å². The second-order valence-corrected chi connectivity index (χ2v) is 5.44. The number of benzene rings is 1. The van der Waals surface area contributed by atoms with E-state index in [4.69, 9.17) is 16.3 Å². The van der Waals surface area contributed by atoms with E-state index in [1.54, 1.807) is 6.07 Å². The van der Waals surface area contributed by atoms with Gasteiger partial charge in [0.25, 0.3) is 0 Å². The van der Waals surface area contributed by atoms with Gasteiger partial charge in [0.05, 0.1) is 19.6 Å². The molecule has 2 rings (SSSR count). The molecule has 0 saturated carbocycles. The molecule has 0 radical (unpaired) electrons. The van der Waals surface area contributed by atoms with Gasteiger partial charge in [0, 0.05) is 30.2 Å². The molecular weight excluding hydrogens is 295 g/mol. The maximum atomic E-state index is 13.6. The third-order valence-electron chi connectivity index (χ3n) is 3.48. The quantitative estimate of drug-likeness (QED) is 0.815. The zero-order valence-corrected chi connectivity index (χ0v) is 12.7. The number of halogens is 2. The van der Waals surface area contributed by atoms with Crippen LogP contribution in [0.4, 0.5) is 4.39 Å². The number of hydrogen-bond donors (Lipinski definition) is 1. The highest BCUT2D eigenvalue weighted by Crippen LogP contribution is 2.19. The summed E-state index contributed by atoms with van der Waals surface area (Å²) in [5.74, 6) is -0.644. The average Bonchev–Trinajstić information content (AvgIpc) is 2.49. The average molecular weight is 315 g/mol. The number of amides is 1. The predicted molar refractivity (Wildman–Crippen MR) is 80.0 cm³/mol. The van der Waals surface area contributed by atoms with Crippen molar-refractivity contribution >= 4 is 17.5 Å². The van der Waals surface area contributed by atoms with Gasteiger partial charge in [-0.05, 0) is 25.1 Å². The van der Waals surface area contributed by atoms with Crippen LogP contribution in [-0.2, 0) is 16.0 Å². The Bertz CT molecular complexity index is 458. The summed E-state index contributed by atoms with van der Waals surface area (Å²) < 4.78 is 18.8. The van der Waals surface area contributed by atoms with Crippen molar-refractivity contribution in [2.24, 2.45) is 0 Å². The van der Waals surface area contributed by atoms with Crippen molar-refractivity contribution in [3.8, 4) is 0 Å². The number of morpholine rings is 1. The minimum atomic E-state index is -0.439. The fraction of sp³-hybridized carbons (Fsp3) is 0.533. The van der Waals surface area contributed by atoms with E-state index >= 15 is 0 Å². The fourth-order valence-corrected chi connectivity index (χ4v) is 2.51. The molecule has 1 aliphatic rings. The normalized spacial score (nSPS) is 15.9.